The van der Waals surface area contributed by atoms with Crippen molar-refractivity contribution in [3.8, 4) is 0 Å². The number of amides is 1. The van der Waals surface area contributed by atoms with Gasteiger partial charge < -0.3 is 11.1 Å². The highest BCUT2D eigenvalue weighted by Gasteiger charge is 2.23. The van der Waals surface area contributed by atoms with Gasteiger partial charge in [0.2, 0.25) is 0 Å². The van der Waals surface area contributed by atoms with Crippen LogP contribution in [0.15, 0.2) is 0 Å². The predicted octanol–water partition coefficient (Wildman–Crippen LogP) is -0.765. The Morgan fingerprint density at radius 2 is 2.40 bits per heavy atom. The van der Waals surface area contributed by atoms with Gasteiger partial charge in [-0.25, -0.2) is 0 Å². The first-order valence-electron chi connectivity index (χ1n) is 2.90. The Bertz CT molecular complexity index is 290. The van der Waals surface area contributed by atoms with Gasteiger partial charge in [0.25, 0.3) is 5.91 Å². The first-order valence-corrected chi connectivity index (χ1v) is 2.90. The Morgan fingerprint density at radius 1 is 1.60 bits per heavy atom. The van der Waals surface area contributed by atoms with E-state index in [2.05, 4.69) is 15.5 Å². The number of anilines is 1. The number of hydrogen-bond acceptors (Lipinski definition) is 3. The van der Waals surface area contributed by atoms with Crippen molar-refractivity contribution in [2.24, 2.45) is 0 Å². The lowest BCUT2D eigenvalue weighted by atomic mass is 10.3. The van der Waals surface area contributed by atoms with Gasteiger partial charge in [-0.05, 0) is 0 Å². The molecular weight excluding hydrogens is 132 g/mol. The van der Waals surface area contributed by atoms with Crippen molar-refractivity contribution in [3.63, 3.8) is 0 Å². The van der Waals surface area contributed by atoms with E-state index in [1.165, 1.54) is 0 Å². The highest BCUT2D eigenvalue weighted by Crippen LogP contribution is 2.17. The Labute approximate surface area is 56.6 Å². The third-order valence-corrected chi connectivity index (χ3v) is 1.52. The van der Waals surface area contributed by atoms with E-state index in [1.807, 2.05) is 0 Å². The molecule has 0 saturated heterocycles. The fourth-order valence-electron chi connectivity index (χ4n) is 1.03. The van der Waals surface area contributed by atoms with Gasteiger partial charge in [0, 0.05) is 0 Å². The molecule has 0 aromatic carbocycles. The van der Waals surface area contributed by atoms with Crippen LogP contribution >= 0.6 is 0 Å². The molecule has 52 valence electrons. The van der Waals surface area contributed by atoms with Gasteiger partial charge in [-0.1, -0.05) is 0 Å². The van der Waals surface area contributed by atoms with E-state index >= 15 is 0 Å². The number of aromatic nitrogens is 2. The van der Waals surface area contributed by atoms with Gasteiger partial charge in [0.1, 0.15) is 5.56 Å². The molecule has 10 heavy (non-hydrogen) atoms. The predicted molar refractivity (Wildman–Crippen MR) is 34.2 cm³/mol. The molecule has 1 aliphatic rings. The van der Waals surface area contributed by atoms with Crippen LogP contribution in [0.3, 0.4) is 0 Å². The minimum Gasteiger partial charge on any atom is -0.382 e. The molecule has 0 radical (unpaired) electrons. The second kappa shape index (κ2) is 1.50. The molecule has 0 fully saturated rings. The van der Waals surface area contributed by atoms with Crippen LogP contribution in [0.4, 0.5) is 5.82 Å². The van der Waals surface area contributed by atoms with Crippen molar-refractivity contribution >= 4 is 11.7 Å². The number of nitrogens with one attached hydrogen (secondary N) is 2. The Hall–Kier alpha value is -1.52. The average molecular weight is 138 g/mol. The third kappa shape index (κ3) is 0.464. The van der Waals surface area contributed by atoms with E-state index in [9.17, 15) is 4.79 Å². The summed E-state index contributed by atoms with van der Waals surface area (Å²) in [5.41, 5.74) is 6.66. The lowest BCUT2D eigenvalue weighted by Crippen LogP contribution is -2.14. The normalized spacial score (nSPS) is 15.0. The summed E-state index contributed by atoms with van der Waals surface area (Å²) in [6, 6.07) is 0. The highest BCUT2D eigenvalue weighted by molar-refractivity contribution is 6.01. The molecule has 1 aliphatic heterocycles. The second-order valence-electron chi connectivity index (χ2n) is 2.15. The largest absolute Gasteiger partial charge is 0.382 e. The molecule has 5 nitrogen and oxygen atoms in total. The minimum atomic E-state index is -0.138. The number of nitrogens with zero attached hydrogens (tertiary/aromatic N) is 1. The number of carbonyl (C=O) groups is 1. The molecule has 0 atom stereocenters. The zero-order valence-electron chi connectivity index (χ0n) is 5.14. The lowest BCUT2D eigenvalue weighted by molar-refractivity contribution is 0.0966. The van der Waals surface area contributed by atoms with Crippen LogP contribution in [0.1, 0.15) is 16.1 Å². The first-order chi connectivity index (χ1) is 4.79. The van der Waals surface area contributed by atoms with E-state index < -0.39 is 0 Å². The van der Waals surface area contributed by atoms with Crippen LogP contribution < -0.4 is 11.1 Å². The second-order valence-corrected chi connectivity index (χ2v) is 2.15. The summed E-state index contributed by atoms with van der Waals surface area (Å²) >= 11 is 0. The quantitative estimate of drug-likeness (QED) is 0.440. The van der Waals surface area contributed by atoms with Crippen LogP contribution in [0.2, 0.25) is 0 Å². The highest BCUT2D eigenvalue weighted by atomic mass is 16.2. The number of hydrogen-bond donors (Lipinski definition) is 3. The maximum Gasteiger partial charge on any atom is 0.257 e. The van der Waals surface area contributed by atoms with Crippen molar-refractivity contribution < 1.29 is 4.79 Å². The fourth-order valence-corrected chi connectivity index (χ4v) is 1.03. The molecule has 0 unspecified atom stereocenters. The Balaban J connectivity index is 2.65. The third-order valence-electron chi connectivity index (χ3n) is 1.52. The van der Waals surface area contributed by atoms with Gasteiger partial charge >= 0.3 is 0 Å². The van der Waals surface area contributed by atoms with Crippen molar-refractivity contribution in [1.29, 1.82) is 0 Å². The van der Waals surface area contributed by atoms with E-state index in [-0.39, 0.29) is 11.7 Å². The summed E-state index contributed by atoms with van der Waals surface area (Å²) in [7, 11) is 0. The van der Waals surface area contributed by atoms with E-state index in [1.54, 1.807) is 0 Å². The molecule has 0 spiro atoms. The smallest absolute Gasteiger partial charge is 0.257 e. The van der Waals surface area contributed by atoms with Crippen molar-refractivity contribution in [2.75, 3.05) is 5.73 Å². The van der Waals surface area contributed by atoms with Crippen LogP contribution in [-0.2, 0) is 6.54 Å². The van der Waals surface area contributed by atoms with Gasteiger partial charge in [-0.3, -0.25) is 9.89 Å². The Kier molecular flexibility index (Phi) is 0.791. The summed E-state index contributed by atoms with van der Waals surface area (Å²) in [6.07, 6.45) is 0. The van der Waals surface area contributed by atoms with Gasteiger partial charge in [-0.15, -0.1) is 0 Å². The molecule has 0 bridgehead atoms. The zero-order valence-corrected chi connectivity index (χ0v) is 5.14. The zero-order chi connectivity index (χ0) is 7.14. The van der Waals surface area contributed by atoms with Gasteiger partial charge in [0.05, 0.1) is 12.2 Å². The number of H-pyrrole nitrogens is 1. The molecule has 0 saturated carbocycles. The molecule has 1 aromatic heterocycles. The summed E-state index contributed by atoms with van der Waals surface area (Å²) in [5, 5.41) is 8.95. The molecular formula is C5H6N4O. The molecule has 4 N–H and O–H groups in total. The monoisotopic (exact) mass is 138 g/mol. The van der Waals surface area contributed by atoms with E-state index in [0.717, 1.165) is 5.69 Å². The minimum absolute atomic E-state index is 0.138. The summed E-state index contributed by atoms with van der Waals surface area (Å²) in [4.78, 5) is 10.9. The number of nitrogens with two attached hydrogens (primary N) is 1. The molecule has 5 heteroatoms. The molecule has 1 amide bonds. The summed E-state index contributed by atoms with van der Waals surface area (Å²) in [5.74, 6) is 0.145. The fraction of sp³-hybridized carbons (Fsp3) is 0.200. The van der Waals surface area contributed by atoms with Crippen LogP contribution in [0.5, 0.6) is 0 Å². The Morgan fingerprint density at radius 3 is 3.10 bits per heavy atom. The lowest BCUT2D eigenvalue weighted by Gasteiger charge is -1.88. The van der Waals surface area contributed by atoms with E-state index in [0.29, 0.717) is 12.1 Å². The standard InChI is InChI=1S/C5H6N4O/c6-4-3-2(8-9-4)1-7-5(3)10/h1H2,(H,7,10)(H3,6,8,9). The molecule has 2 heterocycles. The molecule has 2 rings (SSSR count). The maximum absolute atomic E-state index is 10.9. The maximum atomic E-state index is 10.9. The SMILES string of the molecule is Nc1n[nH]c2c1C(=O)NC2. The summed E-state index contributed by atoms with van der Waals surface area (Å²) in [6.45, 7) is 0.512. The first kappa shape index (κ1) is 5.28. The van der Waals surface area contributed by atoms with Crippen molar-refractivity contribution in [3.05, 3.63) is 11.3 Å². The topological polar surface area (TPSA) is 83.8 Å². The van der Waals surface area contributed by atoms with Crippen LogP contribution in [0, 0.1) is 0 Å². The number of fused-ring (bicyclic) bond motifs is 1. The molecule has 0 aliphatic carbocycles. The number of carbonyl (C=O) groups excluding carboxylic acids is 1. The number of rotatable bonds is 0. The van der Waals surface area contributed by atoms with E-state index in [4.69, 9.17) is 5.73 Å². The van der Waals surface area contributed by atoms with Crippen molar-refractivity contribution in [2.45, 2.75) is 6.54 Å². The van der Waals surface area contributed by atoms with Crippen LogP contribution in [0.25, 0.3) is 0 Å². The van der Waals surface area contributed by atoms with Gasteiger partial charge in [0.15, 0.2) is 5.82 Å². The number of nitrogen functional groups attached to an aromatic ring is 1. The average Bonchev–Trinajstić information content (AvgIpc) is 2.40. The number of aromatic amines is 1. The summed E-state index contributed by atoms with van der Waals surface area (Å²) < 4.78 is 0. The molecule has 1 aromatic rings. The van der Waals surface area contributed by atoms with Crippen LogP contribution in [-0.4, -0.2) is 16.1 Å². The van der Waals surface area contributed by atoms with Gasteiger partial charge in [-0.2, -0.15) is 5.10 Å². The van der Waals surface area contributed by atoms with Crippen molar-refractivity contribution in [1.82, 2.24) is 15.5 Å².